The second-order valence-electron chi connectivity index (χ2n) is 7.43. The molecule has 0 spiro atoms. The van der Waals surface area contributed by atoms with Crippen LogP contribution < -0.4 is 4.90 Å². The van der Waals surface area contributed by atoms with Gasteiger partial charge in [-0.2, -0.15) is 0 Å². The number of carbonyl (C=O) groups excluding carboxylic acids is 2. The van der Waals surface area contributed by atoms with E-state index >= 15 is 0 Å². The predicted octanol–water partition coefficient (Wildman–Crippen LogP) is 2.92. The number of aromatic nitrogens is 1. The van der Waals surface area contributed by atoms with Crippen LogP contribution in [0.25, 0.3) is 0 Å². The summed E-state index contributed by atoms with van der Waals surface area (Å²) < 4.78 is 0. The lowest BCUT2D eigenvalue weighted by atomic mass is 10.1. The van der Waals surface area contributed by atoms with Crippen LogP contribution in [0.3, 0.4) is 0 Å². The van der Waals surface area contributed by atoms with Crippen LogP contribution in [0.15, 0.2) is 16.8 Å². The molecule has 2 aromatic rings. The molecule has 1 saturated heterocycles. The Hall–Kier alpha value is -1.93. The van der Waals surface area contributed by atoms with E-state index in [2.05, 4.69) is 26.7 Å². The number of thiophene rings is 1. The third-order valence-corrected chi connectivity index (χ3v) is 7.48. The van der Waals surface area contributed by atoms with Crippen LogP contribution in [0, 0.1) is 6.92 Å². The van der Waals surface area contributed by atoms with E-state index in [1.165, 1.54) is 10.4 Å². The normalized spacial score (nSPS) is 17.4. The van der Waals surface area contributed by atoms with Crippen molar-refractivity contribution in [1.82, 2.24) is 14.8 Å². The molecule has 2 aromatic heterocycles. The number of nitrogens with zero attached hydrogens (tertiary/aromatic N) is 4. The van der Waals surface area contributed by atoms with Gasteiger partial charge in [0, 0.05) is 62.4 Å². The van der Waals surface area contributed by atoms with Crippen molar-refractivity contribution in [2.75, 3.05) is 37.6 Å². The zero-order valence-corrected chi connectivity index (χ0v) is 17.9. The molecule has 150 valence electrons. The van der Waals surface area contributed by atoms with E-state index in [1.807, 2.05) is 16.7 Å². The highest BCUT2D eigenvalue weighted by Gasteiger charge is 2.24. The van der Waals surface area contributed by atoms with Crippen LogP contribution in [0.4, 0.5) is 5.13 Å². The summed E-state index contributed by atoms with van der Waals surface area (Å²) in [5.41, 5.74) is 2.31. The van der Waals surface area contributed by atoms with Gasteiger partial charge in [0.15, 0.2) is 5.13 Å². The minimum absolute atomic E-state index is 0.0961. The number of rotatable bonds is 4. The molecule has 0 saturated carbocycles. The number of anilines is 1. The molecule has 8 heteroatoms. The van der Waals surface area contributed by atoms with Crippen molar-refractivity contribution < 1.29 is 9.59 Å². The smallest absolute Gasteiger partial charge is 0.223 e. The van der Waals surface area contributed by atoms with Crippen LogP contribution in [0.2, 0.25) is 0 Å². The van der Waals surface area contributed by atoms with Crippen molar-refractivity contribution in [3.63, 3.8) is 0 Å². The Labute approximate surface area is 173 Å². The van der Waals surface area contributed by atoms with Crippen molar-refractivity contribution in [2.45, 2.75) is 39.2 Å². The Morgan fingerprint density at radius 1 is 1.04 bits per heavy atom. The summed E-state index contributed by atoms with van der Waals surface area (Å²) in [6.07, 6.45) is 2.49. The summed E-state index contributed by atoms with van der Waals surface area (Å²) in [5, 5.41) is 5.20. The second kappa shape index (κ2) is 8.61. The monoisotopic (exact) mass is 418 g/mol. The molecule has 0 aromatic carbocycles. The third-order valence-electron chi connectivity index (χ3n) is 5.44. The van der Waals surface area contributed by atoms with E-state index in [1.54, 1.807) is 22.7 Å². The van der Waals surface area contributed by atoms with Gasteiger partial charge >= 0.3 is 0 Å². The minimum Gasteiger partial charge on any atom is -0.346 e. The molecule has 6 nitrogen and oxygen atoms in total. The standard InChI is InChI=1S/C20H26N4O2S2/c1-15-14-28-20(21-15)23-8-2-7-22(10-11-23)18(25)3-4-19(26)24-9-5-17-16(13-24)6-12-27-17/h6,12,14H,2-5,7-11,13H2,1H3. The van der Waals surface area contributed by atoms with E-state index in [0.717, 1.165) is 49.8 Å². The molecule has 28 heavy (non-hydrogen) atoms. The first-order chi connectivity index (χ1) is 13.6. The van der Waals surface area contributed by atoms with Gasteiger partial charge in [-0.1, -0.05) is 0 Å². The molecule has 0 unspecified atom stereocenters. The Balaban J connectivity index is 1.25. The SMILES string of the molecule is Cc1csc(N2CCCN(C(=O)CCC(=O)N3CCc4sccc4C3)CC2)n1. The zero-order chi connectivity index (χ0) is 19.5. The van der Waals surface area contributed by atoms with Crippen LogP contribution in [0.5, 0.6) is 0 Å². The van der Waals surface area contributed by atoms with E-state index in [9.17, 15) is 9.59 Å². The van der Waals surface area contributed by atoms with Gasteiger partial charge in [0.2, 0.25) is 11.8 Å². The molecule has 0 aliphatic carbocycles. The van der Waals surface area contributed by atoms with Crippen molar-refractivity contribution in [2.24, 2.45) is 0 Å². The Morgan fingerprint density at radius 3 is 2.64 bits per heavy atom. The van der Waals surface area contributed by atoms with Gasteiger partial charge in [-0.3, -0.25) is 9.59 Å². The number of hydrogen-bond donors (Lipinski definition) is 0. The Bertz CT molecular complexity index is 847. The Morgan fingerprint density at radius 2 is 1.86 bits per heavy atom. The third kappa shape index (κ3) is 4.38. The van der Waals surface area contributed by atoms with Crippen molar-refractivity contribution in [3.05, 3.63) is 33.0 Å². The molecule has 0 radical (unpaired) electrons. The van der Waals surface area contributed by atoms with E-state index in [4.69, 9.17) is 0 Å². The molecule has 1 fully saturated rings. The fourth-order valence-electron chi connectivity index (χ4n) is 3.84. The maximum absolute atomic E-state index is 12.7. The summed E-state index contributed by atoms with van der Waals surface area (Å²) >= 11 is 3.43. The molecule has 0 N–H and O–H groups in total. The van der Waals surface area contributed by atoms with Crippen molar-refractivity contribution in [3.8, 4) is 0 Å². The van der Waals surface area contributed by atoms with Crippen LogP contribution in [0.1, 0.15) is 35.4 Å². The van der Waals surface area contributed by atoms with Gasteiger partial charge in [-0.05, 0) is 36.8 Å². The maximum Gasteiger partial charge on any atom is 0.223 e. The first kappa shape index (κ1) is 19.4. The van der Waals surface area contributed by atoms with Gasteiger partial charge in [0.05, 0.1) is 5.69 Å². The average Bonchev–Trinajstić information content (AvgIpc) is 3.27. The first-order valence-electron chi connectivity index (χ1n) is 9.88. The number of fused-ring (bicyclic) bond motifs is 1. The molecule has 0 atom stereocenters. The fraction of sp³-hybridized carbons (Fsp3) is 0.550. The molecule has 4 rings (SSSR count). The molecule has 2 amide bonds. The van der Waals surface area contributed by atoms with Crippen LogP contribution in [-0.2, 0) is 22.6 Å². The van der Waals surface area contributed by atoms with E-state index in [0.29, 0.717) is 25.9 Å². The van der Waals surface area contributed by atoms with Crippen LogP contribution >= 0.6 is 22.7 Å². The highest BCUT2D eigenvalue weighted by Crippen LogP contribution is 2.25. The van der Waals surface area contributed by atoms with Gasteiger partial charge in [-0.15, -0.1) is 22.7 Å². The summed E-state index contributed by atoms with van der Waals surface area (Å²) in [5.74, 6) is 0.193. The molecule has 2 aliphatic heterocycles. The lowest BCUT2D eigenvalue weighted by Gasteiger charge is -2.27. The highest BCUT2D eigenvalue weighted by atomic mass is 32.1. The number of aryl methyl sites for hydroxylation is 1. The first-order valence-corrected chi connectivity index (χ1v) is 11.6. The minimum atomic E-state index is 0.0961. The number of amides is 2. The molecule has 2 aliphatic rings. The van der Waals surface area contributed by atoms with Gasteiger partial charge in [-0.25, -0.2) is 4.98 Å². The molecule has 4 heterocycles. The highest BCUT2D eigenvalue weighted by molar-refractivity contribution is 7.13. The molecular weight excluding hydrogens is 392 g/mol. The second-order valence-corrected chi connectivity index (χ2v) is 9.26. The largest absolute Gasteiger partial charge is 0.346 e. The zero-order valence-electron chi connectivity index (χ0n) is 16.2. The summed E-state index contributed by atoms with van der Waals surface area (Å²) in [4.78, 5) is 37.3. The average molecular weight is 419 g/mol. The topological polar surface area (TPSA) is 56.8 Å². The van der Waals surface area contributed by atoms with Crippen molar-refractivity contribution in [1.29, 1.82) is 0 Å². The van der Waals surface area contributed by atoms with Crippen LogP contribution in [-0.4, -0.2) is 59.3 Å². The van der Waals surface area contributed by atoms with Gasteiger partial charge in [0.1, 0.15) is 0 Å². The number of carbonyl (C=O) groups is 2. The summed E-state index contributed by atoms with van der Waals surface area (Å²) in [6.45, 7) is 6.66. The predicted molar refractivity (Wildman–Crippen MR) is 113 cm³/mol. The maximum atomic E-state index is 12.7. The van der Waals surface area contributed by atoms with Crippen molar-refractivity contribution >= 4 is 39.6 Å². The van der Waals surface area contributed by atoms with Gasteiger partial charge in [0.25, 0.3) is 0 Å². The Kier molecular flexibility index (Phi) is 5.96. The number of thiazole rings is 1. The van der Waals surface area contributed by atoms with E-state index in [-0.39, 0.29) is 11.8 Å². The summed E-state index contributed by atoms with van der Waals surface area (Å²) in [6, 6.07) is 2.11. The quantitative estimate of drug-likeness (QED) is 0.766. The van der Waals surface area contributed by atoms with Gasteiger partial charge < -0.3 is 14.7 Å². The van der Waals surface area contributed by atoms with E-state index < -0.39 is 0 Å². The summed E-state index contributed by atoms with van der Waals surface area (Å²) in [7, 11) is 0. The lowest BCUT2D eigenvalue weighted by Crippen LogP contribution is -2.38. The molecular formula is C20H26N4O2S2. The lowest BCUT2D eigenvalue weighted by molar-refractivity contribution is -0.137. The molecule has 0 bridgehead atoms. The number of hydrogen-bond acceptors (Lipinski definition) is 6. The fourth-order valence-corrected chi connectivity index (χ4v) is 5.58.